The van der Waals surface area contributed by atoms with Crippen LogP contribution in [0.4, 0.5) is 0 Å². The molecule has 1 fully saturated rings. The zero-order chi connectivity index (χ0) is 10.6. The van der Waals surface area contributed by atoms with Crippen LogP contribution in [0.15, 0.2) is 0 Å². The van der Waals surface area contributed by atoms with Crippen molar-refractivity contribution in [2.75, 3.05) is 13.1 Å². The maximum Gasteiger partial charge on any atom is 0.303 e. The highest BCUT2D eigenvalue weighted by atomic mass is 16.4. The van der Waals surface area contributed by atoms with Crippen molar-refractivity contribution in [3.63, 3.8) is 0 Å². The minimum Gasteiger partial charge on any atom is -0.481 e. The lowest BCUT2D eigenvalue weighted by atomic mass is 10.1. The summed E-state index contributed by atoms with van der Waals surface area (Å²) in [4.78, 5) is 12.8. The summed E-state index contributed by atoms with van der Waals surface area (Å²) in [6.07, 6.45) is 3.62. The molecule has 1 N–H and O–H groups in total. The van der Waals surface area contributed by atoms with Gasteiger partial charge in [0.15, 0.2) is 0 Å². The van der Waals surface area contributed by atoms with Gasteiger partial charge in [-0.15, -0.1) is 0 Å². The maximum absolute atomic E-state index is 10.4. The Morgan fingerprint density at radius 2 is 2.36 bits per heavy atom. The molecule has 1 rings (SSSR count). The van der Waals surface area contributed by atoms with Crippen molar-refractivity contribution in [2.24, 2.45) is 5.92 Å². The van der Waals surface area contributed by atoms with Crippen LogP contribution in [0.5, 0.6) is 0 Å². The molecular formula is C11H21NO2. The molecule has 1 aliphatic rings. The molecule has 0 aromatic rings. The van der Waals surface area contributed by atoms with Crippen molar-refractivity contribution in [3.05, 3.63) is 0 Å². The molecule has 2 unspecified atom stereocenters. The summed E-state index contributed by atoms with van der Waals surface area (Å²) in [5, 5.41) is 8.58. The third-order valence-electron chi connectivity index (χ3n) is 3.29. The van der Waals surface area contributed by atoms with E-state index < -0.39 is 5.97 Å². The molecule has 14 heavy (non-hydrogen) atoms. The van der Waals surface area contributed by atoms with Crippen molar-refractivity contribution < 1.29 is 9.90 Å². The molecule has 0 amide bonds. The summed E-state index contributed by atoms with van der Waals surface area (Å²) in [7, 11) is 0. The standard InChI is InChI=1S/C11H21NO2/c1-3-10-6-7-12(8-10)9(2)4-5-11(13)14/h9-10H,3-8H2,1-2H3,(H,13,14). The third-order valence-corrected chi connectivity index (χ3v) is 3.29. The van der Waals surface area contributed by atoms with E-state index in [1.54, 1.807) is 0 Å². The van der Waals surface area contributed by atoms with Gasteiger partial charge in [0.1, 0.15) is 0 Å². The van der Waals surface area contributed by atoms with E-state index in [0.717, 1.165) is 25.4 Å². The van der Waals surface area contributed by atoms with Gasteiger partial charge in [-0.25, -0.2) is 0 Å². The van der Waals surface area contributed by atoms with Gasteiger partial charge in [0.2, 0.25) is 0 Å². The number of carboxylic acids is 1. The minimum absolute atomic E-state index is 0.300. The van der Waals surface area contributed by atoms with Crippen LogP contribution in [-0.4, -0.2) is 35.1 Å². The second-order valence-corrected chi connectivity index (χ2v) is 4.34. The SMILES string of the molecule is CCC1CCN(C(C)CCC(=O)O)C1. The van der Waals surface area contributed by atoms with E-state index in [2.05, 4.69) is 18.7 Å². The molecule has 2 atom stereocenters. The number of carbonyl (C=O) groups is 1. The number of hydrogen-bond acceptors (Lipinski definition) is 2. The lowest BCUT2D eigenvalue weighted by molar-refractivity contribution is -0.137. The van der Waals surface area contributed by atoms with Crippen LogP contribution in [0.2, 0.25) is 0 Å². The summed E-state index contributed by atoms with van der Waals surface area (Å²) in [6, 6.07) is 0.433. The predicted molar refractivity (Wildman–Crippen MR) is 56.3 cm³/mol. The van der Waals surface area contributed by atoms with Gasteiger partial charge in [-0.1, -0.05) is 13.3 Å². The summed E-state index contributed by atoms with van der Waals surface area (Å²) >= 11 is 0. The van der Waals surface area contributed by atoms with Crippen LogP contribution in [0.1, 0.15) is 39.5 Å². The maximum atomic E-state index is 10.4. The van der Waals surface area contributed by atoms with Gasteiger partial charge in [0.25, 0.3) is 0 Å². The van der Waals surface area contributed by atoms with Crippen molar-refractivity contribution in [2.45, 2.75) is 45.6 Å². The molecule has 0 aromatic heterocycles. The monoisotopic (exact) mass is 199 g/mol. The molecular weight excluding hydrogens is 178 g/mol. The van der Waals surface area contributed by atoms with Gasteiger partial charge >= 0.3 is 5.97 Å². The van der Waals surface area contributed by atoms with Gasteiger partial charge in [-0.05, 0) is 32.2 Å². The van der Waals surface area contributed by atoms with Crippen LogP contribution < -0.4 is 0 Å². The smallest absolute Gasteiger partial charge is 0.303 e. The molecule has 1 heterocycles. The molecule has 1 aliphatic heterocycles. The van der Waals surface area contributed by atoms with E-state index in [9.17, 15) is 4.79 Å². The zero-order valence-corrected chi connectivity index (χ0v) is 9.20. The van der Waals surface area contributed by atoms with E-state index in [1.807, 2.05) is 0 Å². The lowest BCUT2D eigenvalue weighted by Crippen LogP contribution is -2.31. The first-order chi connectivity index (χ1) is 6.63. The summed E-state index contributed by atoms with van der Waals surface area (Å²) in [5.41, 5.74) is 0. The van der Waals surface area contributed by atoms with E-state index in [0.29, 0.717) is 12.5 Å². The fraction of sp³-hybridized carbons (Fsp3) is 0.909. The molecule has 82 valence electrons. The normalized spacial score (nSPS) is 25.1. The summed E-state index contributed by atoms with van der Waals surface area (Å²) < 4.78 is 0. The van der Waals surface area contributed by atoms with E-state index in [4.69, 9.17) is 5.11 Å². The highest BCUT2D eigenvalue weighted by molar-refractivity contribution is 5.66. The molecule has 0 spiro atoms. The number of rotatable bonds is 5. The van der Waals surface area contributed by atoms with Crippen molar-refractivity contribution in [1.82, 2.24) is 4.90 Å². The fourth-order valence-electron chi connectivity index (χ4n) is 2.11. The molecule has 3 nitrogen and oxygen atoms in total. The van der Waals surface area contributed by atoms with Gasteiger partial charge in [-0.3, -0.25) is 4.79 Å². The minimum atomic E-state index is -0.678. The average molecular weight is 199 g/mol. The van der Waals surface area contributed by atoms with Crippen molar-refractivity contribution in [3.8, 4) is 0 Å². The largest absolute Gasteiger partial charge is 0.481 e. The Morgan fingerprint density at radius 1 is 1.64 bits per heavy atom. The molecule has 0 bridgehead atoms. The number of nitrogens with zero attached hydrogens (tertiary/aromatic N) is 1. The van der Waals surface area contributed by atoms with E-state index in [-0.39, 0.29) is 0 Å². The number of carboxylic acid groups (broad SMARTS) is 1. The van der Waals surface area contributed by atoms with Crippen LogP contribution in [0.3, 0.4) is 0 Å². The number of likely N-dealkylation sites (tertiary alicyclic amines) is 1. The Hall–Kier alpha value is -0.570. The quantitative estimate of drug-likeness (QED) is 0.736. The first-order valence-electron chi connectivity index (χ1n) is 5.59. The van der Waals surface area contributed by atoms with Crippen LogP contribution in [0.25, 0.3) is 0 Å². The first kappa shape index (κ1) is 11.5. The van der Waals surface area contributed by atoms with E-state index >= 15 is 0 Å². The van der Waals surface area contributed by atoms with Gasteiger partial charge < -0.3 is 10.0 Å². The second-order valence-electron chi connectivity index (χ2n) is 4.34. The molecule has 0 radical (unpaired) electrons. The first-order valence-corrected chi connectivity index (χ1v) is 5.59. The van der Waals surface area contributed by atoms with Gasteiger partial charge in [0.05, 0.1) is 0 Å². The lowest BCUT2D eigenvalue weighted by Gasteiger charge is -2.23. The third kappa shape index (κ3) is 3.29. The highest BCUT2D eigenvalue weighted by Crippen LogP contribution is 2.22. The average Bonchev–Trinajstić information content (AvgIpc) is 2.62. The molecule has 1 saturated heterocycles. The Morgan fingerprint density at radius 3 is 2.86 bits per heavy atom. The number of hydrogen-bond donors (Lipinski definition) is 1. The summed E-state index contributed by atoms with van der Waals surface area (Å²) in [6.45, 7) is 6.69. The van der Waals surface area contributed by atoms with Crippen molar-refractivity contribution >= 4 is 5.97 Å². The second kappa shape index (κ2) is 5.35. The topological polar surface area (TPSA) is 40.5 Å². The zero-order valence-electron chi connectivity index (χ0n) is 9.20. The Balaban J connectivity index is 2.24. The predicted octanol–water partition coefficient (Wildman–Crippen LogP) is 1.97. The van der Waals surface area contributed by atoms with Crippen molar-refractivity contribution in [1.29, 1.82) is 0 Å². The Bertz CT molecular complexity index is 194. The molecule has 3 heteroatoms. The van der Waals surface area contributed by atoms with E-state index in [1.165, 1.54) is 12.8 Å². The Kier molecular flexibility index (Phi) is 4.39. The fourth-order valence-corrected chi connectivity index (χ4v) is 2.11. The van der Waals surface area contributed by atoms with Crippen LogP contribution >= 0.6 is 0 Å². The summed E-state index contributed by atoms with van der Waals surface area (Å²) in [5.74, 6) is 0.158. The molecule has 0 aliphatic carbocycles. The number of aliphatic carboxylic acids is 1. The Labute approximate surface area is 86.1 Å². The molecule has 0 saturated carbocycles. The van der Waals surface area contributed by atoms with Crippen LogP contribution in [0, 0.1) is 5.92 Å². The highest BCUT2D eigenvalue weighted by Gasteiger charge is 2.24. The van der Waals surface area contributed by atoms with Crippen LogP contribution in [-0.2, 0) is 4.79 Å². The van der Waals surface area contributed by atoms with Gasteiger partial charge in [-0.2, -0.15) is 0 Å². The van der Waals surface area contributed by atoms with Gasteiger partial charge in [0, 0.05) is 19.0 Å². The molecule has 0 aromatic carbocycles.